The Labute approximate surface area is 170 Å². The average Bonchev–Trinajstić information content (AvgIpc) is 3.15. The van der Waals surface area contributed by atoms with Gasteiger partial charge >= 0.3 is 0 Å². The molecule has 0 aliphatic rings. The molecule has 0 saturated heterocycles. The van der Waals surface area contributed by atoms with E-state index in [0.29, 0.717) is 0 Å². The van der Waals surface area contributed by atoms with Crippen LogP contribution in [0.25, 0.3) is 27.8 Å². The van der Waals surface area contributed by atoms with Crippen LogP contribution in [0.4, 0.5) is 10.2 Å². The number of hydrogen-bond donors (Lipinski definition) is 0. The second-order valence-electron chi connectivity index (χ2n) is 7.14. The van der Waals surface area contributed by atoms with Crippen molar-refractivity contribution in [2.45, 2.75) is 26.7 Å². The van der Waals surface area contributed by atoms with Crippen LogP contribution in [-0.4, -0.2) is 27.6 Å². The number of rotatable bonds is 7. The molecule has 0 spiro atoms. The zero-order valence-electron chi connectivity index (χ0n) is 16.8. The number of nitrogens with zero attached hydrogens (tertiary/aromatic N) is 4. The van der Waals surface area contributed by atoms with Crippen molar-refractivity contribution in [1.82, 2.24) is 14.5 Å². The predicted octanol–water partition coefficient (Wildman–Crippen LogP) is 5.85. The molecular formula is C24H25FN4. The second kappa shape index (κ2) is 8.43. The summed E-state index contributed by atoms with van der Waals surface area (Å²) in [6, 6.07) is 16.8. The molecular weight excluding hydrogens is 363 g/mol. The Bertz CT molecular complexity index is 1080. The lowest BCUT2D eigenvalue weighted by atomic mass is 10.1. The molecule has 0 amide bonds. The SMILES string of the molecule is CCCN(CCC)c1ncnc2c1c(-c1ccccc1)cn2-c1ccc(F)cc1. The van der Waals surface area contributed by atoms with Crippen molar-refractivity contribution < 1.29 is 4.39 Å². The van der Waals surface area contributed by atoms with Gasteiger partial charge in [0.05, 0.1) is 5.39 Å². The maximum atomic E-state index is 13.5. The lowest BCUT2D eigenvalue weighted by molar-refractivity contribution is 0.627. The van der Waals surface area contributed by atoms with E-state index >= 15 is 0 Å². The van der Waals surface area contributed by atoms with Crippen LogP contribution in [0.5, 0.6) is 0 Å². The maximum absolute atomic E-state index is 13.5. The third-order valence-corrected chi connectivity index (χ3v) is 5.04. The van der Waals surface area contributed by atoms with Crippen molar-refractivity contribution in [3.63, 3.8) is 0 Å². The van der Waals surface area contributed by atoms with Gasteiger partial charge in [-0.1, -0.05) is 44.2 Å². The first-order chi connectivity index (χ1) is 14.2. The van der Waals surface area contributed by atoms with E-state index in [-0.39, 0.29) is 5.82 Å². The summed E-state index contributed by atoms with van der Waals surface area (Å²) in [5.74, 6) is 0.708. The molecule has 0 aliphatic heterocycles. The van der Waals surface area contributed by atoms with Crippen molar-refractivity contribution in [3.05, 3.63) is 72.9 Å². The Morgan fingerprint density at radius 1 is 0.897 bits per heavy atom. The first kappa shape index (κ1) is 19.1. The van der Waals surface area contributed by atoms with E-state index < -0.39 is 0 Å². The molecule has 2 heterocycles. The number of benzene rings is 2. The Hall–Kier alpha value is -3.21. The van der Waals surface area contributed by atoms with E-state index in [1.165, 1.54) is 12.1 Å². The van der Waals surface area contributed by atoms with Crippen molar-refractivity contribution in [1.29, 1.82) is 0 Å². The highest BCUT2D eigenvalue weighted by Crippen LogP contribution is 2.36. The van der Waals surface area contributed by atoms with E-state index in [1.807, 2.05) is 22.8 Å². The largest absolute Gasteiger partial charge is 0.356 e. The Balaban J connectivity index is 1.99. The molecule has 0 atom stereocenters. The Kier molecular flexibility index (Phi) is 5.56. The zero-order valence-corrected chi connectivity index (χ0v) is 16.8. The lowest BCUT2D eigenvalue weighted by Gasteiger charge is -2.23. The molecule has 0 saturated carbocycles. The summed E-state index contributed by atoms with van der Waals surface area (Å²) >= 11 is 0. The highest BCUT2D eigenvalue weighted by molar-refractivity contribution is 6.02. The van der Waals surface area contributed by atoms with E-state index in [4.69, 9.17) is 4.98 Å². The van der Waals surface area contributed by atoms with Crippen molar-refractivity contribution >= 4 is 16.9 Å². The van der Waals surface area contributed by atoms with Gasteiger partial charge in [0.1, 0.15) is 18.0 Å². The predicted molar refractivity (Wildman–Crippen MR) is 117 cm³/mol. The van der Waals surface area contributed by atoms with Gasteiger partial charge in [0.2, 0.25) is 0 Å². The molecule has 0 fully saturated rings. The summed E-state index contributed by atoms with van der Waals surface area (Å²) in [6.07, 6.45) is 5.81. The molecule has 0 unspecified atom stereocenters. The minimum Gasteiger partial charge on any atom is -0.356 e. The molecule has 2 aromatic carbocycles. The summed E-state index contributed by atoms with van der Waals surface area (Å²) in [4.78, 5) is 11.7. The number of hydrogen-bond acceptors (Lipinski definition) is 3. The summed E-state index contributed by atoms with van der Waals surface area (Å²) in [5.41, 5.74) is 3.90. The van der Waals surface area contributed by atoms with Gasteiger partial charge in [-0.05, 0) is 42.7 Å². The van der Waals surface area contributed by atoms with Gasteiger partial charge in [-0.2, -0.15) is 0 Å². The van der Waals surface area contributed by atoms with Crippen LogP contribution < -0.4 is 4.90 Å². The molecule has 0 aliphatic carbocycles. The first-order valence-corrected chi connectivity index (χ1v) is 10.1. The molecule has 29 heavy (non-hydrogen) atoms. The van der Waals surface area contributed by atoms with Gasteiger partial charge in [0.25, 0.3) is 0 Å². The molecule has 0 N–H and O–H groups in total. The van der Waals surface area contributed by atoms with Crippen molar-refractivity contribution in [2.24, 2.45) is 0 Å². The van der Waals surface area contributed by atoms with Crippen LogP contribution in [-0.2, 0) is 0 Å². The molecule has 2 aromatic heterocycles. The Morgan fingerprint density at radius 2 is 1.59 bits per heavy atom. The van der Waals surface area contributed by atoms with Crippen LogP contribution in [0.15, 0.2) is 67.1 Å². The van der Waals surface area contributed by atoms with E-state index in [9.17, 15) is 4.39 Å². The van der Waals surface area contributed by atoms with Crippen LogP contribution in [0.1, 0.15) is 26.7 Å². The monoisotopic (exact) mass is 388 g/mol. The fraction of sp³-hybridized carbons (Fsp3) is 0.250. The molecule has 0 radical (unpaired) electrons. The minimum atomic E-state index is -0.249. The topological polar surface area (TPSA) is 34.0 Å². The highest BCUT2D eigenvalue weighted by atomic mass is 19.1. The molecule has 0 bridgehead atoms. The van der Waals surface area contributed by atoms with E-state index in [2.05, 4.69) is 42.1 Å². The average molecular weight is 388 g/mol. The molecule has 5 heteroatoms. The zero-order chi connectivity index (χ0) is 20.2. The van der Waals surface area contributed by atoms with Crippen molar-refractivity contribution in [2.75, 3.05) is 18.0 Å². The normalized spacial score (nSPS) is 11.1. The first-order valence-electron chi connectivity index (χ1n) is 10.1. The lowest BCUT2D eigenvalue weighted by Crippen LogP contribution is -2.26. The smallest absolute Gasteiger partial charge is 0.150 e. The van der Waals surface area contributed by atoms with Gasteiger partial charge in [0.15, 0.2) is 5.65 Å². The highest BCUT2D eigenvalue weighted by Gasteiger charge is 2.20. The summed E-state index contributed by atoms with van der Waals surface area (Å²) in [5, 5.41) is 1.03. The maximum Gasteiger partial charge on any atom is 0.150 e. The number of aromatic nitrogens is 3. The summed E-state index contributed by atoms with van der Waals surface area (Å²) < 4.78 is 15.5. The van der Waals surface area contributed by atoms with Gasteiger partial charge < -0.3 is 9.47 Å². The number of halogens is 1. The number of fused-ring (bicyclic) bond motifs is 1. The van der Waals surface area contributed by atoms with Gasteiger partial charge in [0, 0.05) is 30.5 Å². The third kappa shape index (κ3) is 3.73. The molecule has 4 aromatic rings. The van der Waals surface area contributed by atoms with E-state index in [1.54, 1.807) is 18.5 Å². The second-order valence-corrected chi connectivity index (χ2v) is 7.14. The molecule has 148 valence electrons. The quantitative estimate of drug-likeness (QED) is 0.398. The van der Waals surface area contributed by atoms with Crippen LogP contribution in [0.2, 0.25) is 0 Å². The fourth-order valence-electron chi connectivity index (χ4n) is 3.78. The standard InChI is InChI=1S/C24H25FN4/c1-3-14-28(15-4-2)23-22-21(18-8-6-5-7-9-18)16-29(24(22)27-17-26-23)20-12-10-19(25)11-13-20/h5-13,16-17H,3-4,14-15H2,1-2H3. The minimum absolute atomic E-state index is 0.249. The van der Waals surface area contributed by atoms with Gasteiger partial charge in [-0.3, -0.25) is 0 Å². The number of anilines is 1. The third-order valence-electron chi connectivity index (χ3n) is 5.04. The van der Waals surface area contributed by atoms with Crippen LogP contribution in [0.3, 0.4) is 0 Å². The van der Waals surface area contributed by atoms with Gasteiger partial charge in [-0.15, -0.1) is 0 Å². The van der Waals surface area contributed by atoms with E-state index in [0.717, 1.165) is 59.6 Å². The Morgan fingerprint density at radius 3 is 2.24 bits per heavy atom. The fourth-order valence-corrected chi connectivity index (χ4v) is 3.78. The summed E-state index contributed by atoms with van der Waals surface area (Å²) in [6.45, 7) is 6.25. The summed E-state index contributed by atoms with van der Waals surface area (Å²) in [7, 11) is 0. The van der Waals surface area contributed by atoms with Crippen molar-refractivity contribution in [3.8, 4) is 16.8 Å². The molecule has 4 nitrogen and oxygen atoms in total. The van der Waals surface area contributed by atoms with Crippen LogP contribution in [0, 0.1) is 5.82 Å². The molecule has 4 rings (SSSR count). The van der Waals surface area contributed by atoms with Gasteiger partial charge in [-0.25, -0.2) is 14.4 Å². The van der Waals surface area contributed by atoms with Crippen LogP contribution >= 0.6 is 0 Å².